The number of carbonyl (C=O) groups is 1. The quantitative estimate of drug-likeness (QED) is 0.850. The van der Waals surface area contributed by atoms with Crippen LogP contribution in [0.5, 0.6) is 5.75 Å². The van der Waals surface area contributed by atoms with E-state index >= 15 is 0 Å². The molecule has 0 spiro atoms. The lowest BCUT2D eigenvalue weighted by Gasteiger charge is -2.36. The Kier molecular flexibility index (Phi) is 6.59. The molecule has 27 heavy (non-hydrogen) atoms. The van der Waals surface area contributed by atoms with Crippen molar-refractivity contribution in [2.75, 3.05) is 44.2 Å². The number of hydrogen-bond donors (Lipinski definition) is 1. The summed E-state index contributed by atoms with van der Waals surface area (Å²) in [5.41, 5.74) is 2.04. The monoisotopic (exact) mass is 363 g/mol. The van der Waals surface area contributed by atoms with Crippen LogP contribution in [-0.4, -0.2) is 50.3 Å². The number of anilines is 1. The Labute approximate surface area is 160 Å². The van der Waals surface area contributed by atoms with Crippen molar-refractivity contribution in [3.63, 3.8) is 0 Å². The summed E-state index contributed by atoms with van der Waals surface area (Å²) in [4.78, 5) is 16.4. The van der Waals surface area contributed by atoms with Gasteiger partial charge in [-0.05, 0) is 31.2 Å². The number of urea groups is 1. The molecule has 0 unspecified atom stereocenters. The summed E-state index contributed by atoms with van der Waals surface area (Å²) in [6, 6.07) is 17.8. The predicted octanol–water partition coefficient (Wildman–Crippen LogP) is 2.97. The summed E-state index contributed by atoms with van der Waals surface area (Å²) in [6.45, 7) is 5.90. The number of benzene rings is 2. The number of nitrogens with one attached hydrogen (secondary N) is 1. The first-order chi connectivity index (χ1) is 13.3. The number of piperazine rings is 1. The van der Waals surface area contributed by atoms with Crippen LogP contribution >= 0.6 is 0 Å². The van der Waals surface area contributed by atoms with Crippen molar-refractivity contribution >= 4 is 11.7 Å². The van der Waals surface area contributed by atoms with Gasteiger partial charge in [0.2, 0.25) is 0 Å². The van der Waals surface area contributed by atoms with E-state index in [-0.39, 0.29) is 6.03 Å². The first kappa shape index (κ1) is 18.7. The van der Waals surface area contributed by atoms with Crippen molar-refractivity contribution in [2.45, 2.75) is 6.92 Å². The topological polar surface area (TPSA) is 44.8 Å². The SMILES string of the molecule is CCOc1ccccc1N1CCN(C(=O)NCC#Cc2ccccc2)CC1. The van der Waals surface area contributed by atoms with Crippen LogP contribution in [0.4, 0.5) is 10.5 Å². The summed E-state index contributed by atoms with van der Waals surface area (Å²) < 4.78 is 5.72. The molecule has 0 bridgehead atoms. The third-order valence-corrected chi connectivity index (χ3v) is 4.41. The van der Waals surface area contributed by atoms with E-state index in [0.717, 1.165) is 30.1 Å². The first-order valence-electron chi connectivity index (χ1n) is 9.31. The smallest absolute Gasteiger partial charge is 0.318 e. The molecule has 1 aliphatic rings. The average Bonchev–Trinajstić information content (AvgIpc) is 2.73. The molecule has 0 aliphatic carbocycles. The Hall–Kier alpha value is -3.13. The van der Waals surface area contributed by atoms with Crippen LogP contribution in [-0.2, 0) is 0 Å². The Morgan fingerprint density at radius 2 is 1.74 bits per heavy atom. The van der Waals surface area contributed by atoms with Crippen LogP contribution in [0.2, 0.25) is 0 Å². The molecule has 2 amide bonds. The second kappa shape index (κ2) is 9.54. The van der Waals surface area contributed by atoms with E-state index in [1.165, 1.54) is 0 Å². The van der Waals surface area contributed by atoms with E-state index < -0.39 is 0 Å². The fourth-order valence-electron chi connectivity index (χ4n) is 3.05. The molecule has 1 N–H and O–H groups in total. The Morgan fingerprint density at radius 3 is 2.48 bits per heavy atom. The molecule has 5 heteroatoms. The van der Waals surface area contributed by atoms with Crippen molar-refractivity contribution in [1.82, 2.24) is 10.2 Å². The highest BCUT2D eigenvalue weighted by atomic mass is 16.5. The van der Waals surface area contributed by atoms with Gasteiger partial charge >= 0.3 is 6.03 Å². The Balaban J connectivity index is 1.48. The standard InChI is InChI=1S/C22H25N3O2/c1-2-27-21-13-7-6-12-20(21)24-15-17-25(18-16-24)22(26)23-14-8-11-19-9-4-3-5-10-19/h3-7,9-10,12-13H,2,14-18H2,1H3,(H,23,26). The van der Waals surface area contributed by atoms with E-state index in [2.05, 4.69) is 28.1 Å². The van der Waals surface area contributed by atoms with Crippen LogP contribution in [0, 0.1) is 11.8 Å². The molecule has 0 aromatic heterocycles. The largest absolute Gasteiger partial charge is 0.492 e. The number of amides is 2. The lowest BCUT2D eigenvalue weighted by atomic mass is 10.2. The van der Waals surface area contributed by atoms with Crippen molar-refractivity contribution in [2.24, 2.45) is 0 Å². The van der Waals surface area contributed by atoms with Crippen LogP contribution in [0.1, 0.15) is 12.5 Å². The van der Waals surface area contributed by atoms with Crippen molar-refractivity contribution < 1.29 is 9.53 Å². The predicted molar refractivity (Wildman–Crippen MR) is 108 cm³/mol. The maximum Gasteiger partial charge on any atom is 0.318 e. The number of para-hydroxylation sites is 2. The second-order valence-electron chi connectivity index (χ2n) is 6.20. The summed E-state index contributed by atoms with van der Waals surface area (Å²) in [5.74, 6) is 6.93. The van der Waals surface area contributed by atoms with Crippen LogP contribution in [0.25, 0.3) is 0 Å². The number of ether oxygens (including phenoxy) is 1. The normalized spacial score (nSPS) is 13.5. The number of nitrogens with zero attached hydrogens (tertiary/aromatic N) is 2. The number of hydrogen-bond acceptors (Lipinski definition) is 3. The van der Waals surface area contributed by atoms with Crippen molar-refractivity contribution in [1.29, 1.82) is 0 Å². The molecule has 2 aromatic carbocycles. The van der Waals surface area contributed by atoms with Crippen molar-refractivity contribution in [3.05, 3.63) is 60.2 Å². The fraction of sp³-hybridized carbons (Fsp3) is 0.318. The molecule has 1 heterocycles. The molecule has 5 nitrogen and oxygen atoms in total. The molecule has 2 aromatic rings. The minimum Gasteiger partial charge on any atom is -0.492 e. The second-order valence-corrected chi connectivity index (χ2v) is 6.20. The summed E-state index contributed by atoms with van der Waals surface area (Å²) in [6.07, 6.45) is 0. The zero-order valence-corrected chi connectivity index (χ0v) is 15.6. The van der Waals surface area contributed by atoms with E-state index in [9.17, 15) is 4.79 Å². The average molecular weight is 363 g/mol. The third kappa shape index (κ3) is 5.18. The van der Waals surface area contributed by atoms with Crippen LogP contribution in [0.15, 0.2) is 54.6 Å². The fourth-order valence-corrected chi connectivity index (χ4v) is 3.05. The Bertz CT molecular complexity index is 803. The number of rotatable bonds is 4. The summed E-state index contributed by atoms with van der Waals surface area (Å²) in [7, 11) is 0. The van der Waals surface area contributed by atoms with Gasteiger partial charge in [0, 0.05) is 31.7 Å². The summed E-state index contributed by atoms with van der Waals surface area (Å²) in [5, 5.41) is 2.88. The van der Waals surface area contributed by atoms with Gasteiger partial charge < -0.3 is 19.9 Å². The van der Waals surface area contributed by atoms with Crippen LogP contribution < -0.4 is 15.0 Å². The Morgan fingerprint density at radius 1 is 1.04 bits per heavy atom. The molecular weight excluding hydrogens is 338 g/mol. The van der Waals surface area contributed by atoms with E-state index in [0.29, 0.717) is 26.2 Å². The maximum atomic E-state index is 12.3. The maximum absolute atomic E-state index is 12.3. The molecule has 140 valence electrons. The molecule has 3 rings (SSSR count). The molecule has 0 saturated carbocycles. The highest BCUT2D eigenvalue weighted by Gasteiger charge is 2.22. The minimum atomic E-state index is -0.0601. The highest BCUT2D eigenvalue weighted by Crippen LogP contribution is 2.28. The first-order valence-corrected chi connectivity index (χ1v) is 9.31. The molecular formula is C22H25N3O2. The van der Waals surface area contributed by atoms with Gasteiger partial charge in [-0.2, -0.15) is 0 Å². The molecule has 0 radical (unpaired) electrons. The van der Waals surface area contributed by atoms with Gasteiger partial charge in [0.05, 0.1) is 18.8 Å². The minimum absolute atomic E-state index is 0.0601. The van der Waals surface area contributed by atoms with E-state index in [1.807, 2.05) is 60.4 Å². The van der Waals surface area contributed by atoms with Gasteiger partial charge in [-0.1, -0.05) is 42.2 Å². The van der Waals surface area contributed by atoms with Gasteiger partial charge in [0.25, 0.3) is 0 Å². The van der Waals surface area contributed by atoms with E-state index in [1.54, 1.807) is 0 Å². The molecule has 1 fully saturated rings. The van der Waals surface area contributed by atoms with Gasteiger partial charge in [-0.15, -0.1) is 0 Å². The summed E-state index contributed by atoms with van der Waals surface area (Å²) >= 11 is 0. The molecule has 1 aliphatic heterocycles. The van der Waals surface area contributed by atoms with Crippen LogP contribution in [0.3, 0.4) is 0 Å². The molecule has 1 saturated heterocycles. The van der Waals surface area contributed by atoms with Gasteiger partial charge in [-0.25, -0.2) is 4.79 Å². The lowest BCUT2D eigenvalue weighted by molar-refractivity contribution is 0.195. The third-order valence-electron chi connectivity index (χ3n) is 4.41. The number of carbonyl (C=O) groups excluding carboxylic acids is 1. The molecule has 0 atom stereocenters. The highest BCUT2D eigenvalue weighted by molar-refractivity contribution is 5.75. The van der Waals surface area contributed by atoms with Gasteiger partial charge in [-0.3, -0.25) is 0 Å². The zero-order chi connectivity index (χ0) is 18.9. The van der Waals surface area contributed by atoms with E-state index in [4.69, 9.17) is 4.74 Å². The zero-order valence-electron chi connectivity index (χ0n) is 15.6. The van der Waals surface area contributed by atoms with Gasteiger partial charge in [0.15, 0.2) is 0 Å². The van der Waals surface area contributed by atoms with Crippen molar-refractivity contribution in [3.8, 4) is 17.6 Å². The van der Waals surface area contributed by atoms with Gasteiger partial charge in [0.1, 0.15) is 5.75 Å². The lowest BCUT2D eigenvalue weighted by Crippen LogP contribution is -2.52.